The van der Waals surface area contributed by atoms with E-state index in [-0.39, 0.29) is 29.6 Å². The Bertz CT molecular complexity index is 1890. The maximum Gasteiger partial charge on any atom is 0.320 e. The smallest absolute Gasteiger partial charge is 0.320 e. The van der Waals surface area contributed by atoms with Crippen LogP contribution in [-0.4, -0.2) is 48.4 Å². The number of rotatable bonds is 7. The van der Waals surface area contributed by atoms with Crippen LogP contribution in [0.2, 0.25) is 0 Å². The second kappa shape index (κ2) is 12.5. The Morgan fingerprint density at radius 1 is 0.979 bits per heavy atom. The SMILES string of the molecule is CCN1CCC[C@H]1c1nnc2ccc(O[C@@H]3CC[C@H](NC(=O)Nc4cc(C(C)(C)C)nn4-c4ccc(C)cc4)c4ccccc43)cn12. The van der Waals surface area contributed by atoms with Gasteiger partial charge in [0, 0.05) is 11.5 Å². The Kier molecular flexibility index (Phi) is 8.21. The number of aromatic nitrogens is 5. The Labute approximate surface area is 276 Å². The van der Waals surface area contributed by atoms with E-state index in [2.05, 4.69) is 76.9 Å². The number of carbonyl (C=O) groups excluding carboxylic acids is 1. The summed E-state index contributed by atoms with van der Waals surface area (Å²) in [4.78, 5) is 16.0. The zero-order chi connectivity index (χ0) is 32.7. The minimum atomic E-state index is -0.267. The van der Waals surface area contributed by atoms with Crippen LogP contribution in [0.5, 0.6) is 5.75 Å². The van der Waals surface area contributed by atoms with Crippen molar-refractivity contribution in [3.63, 3.8) is 0 Å². The second-order valence-corrected chi connectivity index (χ2v) is 13.8. The highest BCUT2D eigenvalue weighted by Gasteiger charge is 2.31. The summed E-state index contributed by atoms with van der Waals surface area (Å²) in [6.45, 7) is 12.7. The number of aryl methyl sites for hydroxylation is 1. The van der Waals surface area contributed by atoms with E-state index in [4.69, 9.17) is 9.84 Å². The van der Waals surface area contributed by atoms with Crippen molar-refractivity contribution in [1.82, 2.24) is 34.6 Å². The third kappa shape index (κ3) is 6.22. The molecule has 3 aromatic heterocycles. The van der Waals surface area contributed by atoms with Crippen LogP contribution in [-0.2, 0) is 5.41 Å². The van der Waals surface area contributed by atoms with Gasteiger partial charge < -0.3 is 10.1 Å². The molecule has 1 aliphatic carbocycles. The molecule has 0 radical (unpaired) electrons. The maximum absolute atomic E-state index is 13.5. The highest BCUT2D eigenvalue weighted by molar-refractivity contribution is 5.89. The number of urea groups is 1. The van der Waals surface area contributed by atoms with Crippen molar-refractivity contribution >= 4 is 17.5 Å². The third-order valence-electron chi connectivity index (χ3n) is 9.49. The fraction of sp³-hybridized carbons (Fsp3) is 0.405. The van der Waals surface area contributed by atoms with Crippen molar-refractivity contribution in [3.05, 3.63) is 101 Å². The Balaban J connectivity index is 1.09. The quantitative estimate of drug-likeness (QED) is 0.193. The molecule has 244 valence electrons. The molecule has 4 heterocycles. The lowest BCUT2D eigenvalue weighted by Gasteiger charge is -2.32. The molecule has 1 saturated heterocycles. The van der Waals surface area contributed by atoms with Gasteiger partial charge in [-0.3, -0.25) is 14.6 Å². The predicted octanol–water partition coefficient (Wildman–Crippen LogP) is 7.45. The lowest BCUT2D eigenvalue weighted by atomic mass is 9.85. The van der Waals surface area contributed by atoms with Gasteiger partial charge in [0.1, 0.15) is 17.7 Å². The normalized spacial score (nSPS) is 19.9. The van der Waals surface area contributed by atoms with Gasteiger partial charge in [-0.15, -0.1) is 10.2 Å². The number of likely N-dealkylation sites (tertiary alicyclic amines) is 1. The van der Waals surface area contributed by atoms with Gasteiger partial charge in [-0.1, -0.05) is 69.7 Å². The van der Waals surface area contributed by atoms with Gasteiger partial charge in [0.15, 0.2) is 11.5 Å². The van der Waals surface area contributed by atoms with E-state index in [0.717, 1.165) is 72.1 Å². The minimum absolute atomic E-state index is 0.138. The van der Waals surface area contributed by atoms with Crippen molar-refractivity contribution < 1.29 is 9.53 Å². The van der Waals surface area contributed by atoms with Crippen molar-refractivity contribution in [2.75, 3.05) is 18.4 Å². The van der Waals surface area contributed by atoms with Crippen LogP contribution < -0.4 is 15.4 Å². The van der Waals surface area contributed by atoms with E-state index in [9.17, 15) is 4.79 Å². The van der Waals surface area contributed by atoms with Crippen LogP contribution >= 0.6 is 0 Å². The maximum atomic E-state index is 13.5. The standard InChI is InChI=1S/C37H44N8O2/c1-6-43-21-9-12-30(43)35-41-40-33-20-17-26(23-44(33)35)47-31-19-18-29(27-10-7-8-11-28(27)31)38-36(46)39-34-22-32(37(3,4)5)42-45(34)25-15-13-24(2)14-16-25/h7-8,10-11,13-17,20,22-23,29-31H,6,9,12,18-19,21H2,1-5H3,(H2,38,39,46)/t29-,30-,31+/m0/s1. The van der Waals surface area contributed by atoms with Crippen molar-refractivity contribution in [3.8, 4) is 11.4 Å². The number of pyridine rings is 1. The molecule has 2 aliphatic rings. The molecule has 0 saturated carbocycles. The van der Waals surface area contributed by atoms with Crippen LogP contribution in [0.25, 0.3) is 11.3 Å². The average molecular weight is 633 g/mol. The molecule has 1 aliphatic heterocycles. The molecule has 0 bridgehead atoms. The fourth-order valence-electron chi connectivity index (χ4n) is 6.90. The fourth-order valence-corrected chi connectivity index (χ4v) is 6.90. The number of hydrogen-bond donors (Lipinski definition) is 2. The van der Waals surface area contributed by atoms with Gasteiger partial charge in [0.05, 0.1) is 29.7 Å². The number of hydrogen-bond acceptors (Lipinski definition) is 6. The Hall–Kier alpha value is -4.70. The molecule has 5 aromatic rings. The highest BCUT2D eigenvalue weighted by atomic mass is 16.5. The topological polar surface area (TPSA) is 102 Å². The summed E-state index contributed by atoms with van der Waals surface area (Å²) < 4.78 is 10.6. The predicted molar refractivity (Wildman–Crippen MR) is 183 cm³/mol. The summed E-state index contributed by atoms with van der Waals surface area (Å²) in [5, 5.41) is 20.2. The molecule has 10 nitrogen and oxygen atoms in total. The molecule has 2 amide bonds. The van der Waals surface area contributed by atoms with E-state index >= 15 is 0 Å². The number of fused-ring (bicyclic) bond motifs is 2. The molecule has 1 fully saturated rings. The number of nitrogens with one attached hydrogen (secondary N) is 2. The number of ether oxygens (including phenoxy) is 1. The van der Waals surface area contributed by atoms with Crippen molar-refractivity contribution in [1.29, 1.82) is 0 Å². The van der Waals surface area contributed by atoms with Gasteiger partial charge in [-0.05, 0) is 81.1 Å². The molecular formula is C37H44N8O2. The summed E-state index contributed by atoms with van der Waals surface area (Å²) >= 11 is 0. The average Bonchev–Trinajstić information content (AvgIpc) is 3.81. The summed E-state index contributed by atoms with van der Waals surface area (Å²) in [5.74, 6) is 2.38. The molecule has 7 rings (SSSR count). The Morgan fingerprint density at radius 2 is 1.77 bits per heavy atom. The molecule has 47 heavy (non-hydrogen) atoms. The van der Waals surface area contributed by atoms with Crippen LogP contribution in [0, 0.1) is 6.92 Å². The van der Waals surface area contributed by atoms with Crippen LogP contribution in [0.1, 0.15) is 99.8 Å². The summed E-state index contributed by atoms with van der Waals surface area (Å²) in [7, 11) is 0. The van der Waals surface area contributed by atoms with Crippen LogP contribution in [0.15, 0.2) is 72.9 Å². The first-order chi connectivity index (χ1) is 22.7. The first-order valence-corrected chi connectivity index (χ1v) is 16.8. The summed E-state index contributed by atoms with van der Waals surface area (Å²) in [6.07, 6.45) is 5.65. The van der Waals surface area contributed by atoms with Gasteiger partial charge in [0.2, 0.25) is 0 Å². The van der Waals surface area contributed by atoms with Crippen LogP contribution in [0.4, 0.5) is 10.6 Å². The molecule has 2 N–H and O–H groups in total. The van der Waals surface area contributed by atoms with E-state index in [0.29, 0.717) is 5.82 Å². The molecule has 2 aromatic carbocycles. The van der Waals surface area contributed by atoms with Crippen molar-refractivity contribution in [2.24, 2.45) is 0 Å². The third-order valence-corrected chi connectivity index (χ3v) is 9.49. The van der Waals surface area contributed by atoms with E-state index in [1.54, 1.807) is 0 Å². The van der Waals surface area contributed by atoms with E-state index in [1.165, 1.54) is 12.0 Å². The zero-order valence-corrected chi connectivity index (χ0v) is 27.9. The first kappa shape index (κ1) is 30.9. The van der Waals surface area contributed by atoms with Crippen LogP contribution in [0.3, 0.4) is 0 Å². The number of amides is 2. The number of anilines is 1. The van der Waals surface area contributed by atoms with Gasteiger partial charge in [0.25, 0.3) is 0 Å². The number of nitrogens with zero attached hydrogens (tertiary/aromatic N) is 6. The molecular weight excluding hydrogens is 588 g/mol. The van der Waals surface area contributed by atoms with Crippen molar-refractivity contribution in [2.45, 2.75) is 83.9 Å². The molecule has 3 atom stereocenters. The number of benzene rings is 2. The second-order valence-electron chi connectivity index (χ2n) is 13.8. The van der Waals surface area contributed by atoms with E-state index in [1.807, 2.05) is 65.5 Å². The van der Waals surface area contributed by atoms with Gasteiger partial charge >= 0.3 is 6.03 Å². The minimum Gasteiger partial charge on any atom is -0.484 e. The monoisotopic (exact) mass is 632 g/mol. The molecule has 0 unspecified atom stereocenters. The summed E-state index contributed by atoms with van der Waals surface area (Å²) in [5.41, 5.74) is 5.77. The van der Waals surface area contributed by atoms with Gasteiger partial charge in [-0.25, -0.2) is 9.48 Å². The largest absolute Gasteiger partial charge is 0.484 e. The highest BCUT2D eigenvalue weighted by Crippen LogP contribution is 2.39. The lowest BCUT2D eigenvalue weighted by molar-refractivity contribution is 0.171. The molecule has 0 spiro atoms. The van der Waals surface area contributed by atoms with Gasteiger partial charge in [-0.2, -0.15) is 5.10 Å². The molecule has 10 heteroatoms. The zero-order valence-electron chi connectivity index (χ0n) is 27.9. The lowest BCUT2D eigenvalue weighted by Crippen LogP contribution is -2.36. The summed E-state index contributed by atoms with van der Waals surface area (Å²) in [6, 6.07) is 22.2. The van der Waals surface area contributed by atoms with E-state index < -0.39 is 0 Å². The Morgan fingerprint density at radius 3 is 2.53 bits per heavy atom. The first-order valence-electron chi connectivity index (χ1n) is 16.8. The number of carbonyl (C=O) groups is 1.